The maximum atomic E-state index is 13.3. The van der Waals surface area contributed by atoms with Gasteiger partial charge in [-0.3, -0.25) is 9.36 Å². The van der Waals surface area contributed by atoms with E-state index in [0.29, 0.717) is 28.2 Å². The summed E-state index contributed by atoms with van der Waals surface area (Å²) in [5.41, 5.74) is 2.38. The Balaban J connectivity index is 1.74. The van der Waals surface area contributed by atoms with Crippen molar-refractivity contribution in [3.63, 3.8) is 0 Å². The summed E-state index contributed by atoms with van der Waals surface area (Å²) >= 11 is 1.69. The van der Waals surface area contributed by atoms with Crippen LogP contribution < -0.4 is 5.56 Å². The van der Waals surface area contributed by atoms with Crippen LogP contribution in [0.5, 0.6) is 0 Å². The van der Waals surface area contributed by atoms with Gasteiger partial charge in [-0.1, -0.05) is 42.5 Å². The highest BCUT2D eigenvalue weighted by atomic mass is 32.2. The lowest BCUT2D eigenvalue weighted by molar-refractivity contribution is 0.627. The first-order valence-electron chi connectivity index (χ1n) is 8.60. The second kappa shape index (κ2) is 7.76. The number of thioether (sulfide) groups is 1. The van der Waals surface area contributed by atoms with Crippen molar-refractivity contribution in [2.75, 3.05) is 0 Å². The van der Waals surface area contributed by atoms with E-state index in [4.69, 9.17) is 4.98 Å². The van der Waals surface area contributed by atoms with E-state index in [1.165, 1.54) is 17.7 Å². The highest BCUT2D eigenvalue weighted by molar-refractivity contribution is 7.97. The van der Waals surface area contributed by atoms with Crippen LogP contribution in [0.15, 0.2) is 83.7 Å². The maximum Gasteiger partial charge on any atom is 0.265 e. The van der Waals surface area contributed by atoms with Crippen molar-refractivity contribution in [3.8, 4) is 5.69 Å². The Hall–Kier alpha value is -2.92. The normalized spacial score (nSPS) is 11.0. The zero-order valence-electron chi connectivity index (χ0n) is 14.5. The van der Waals surface area contributed by atoms with E-state index in [-0.39, 0.29) is 11.4 Å². The lowest BCUT2D eigenvalue weighted by Crippen LogP contribution is -2.23. The molecule has 0 radical (unpaired) electrons. The Kier molecular flexibility index (Phi) is 5.03. The molecule has 0 amide bonds. The standard InChI is InChI=1S/C22H17FN2OS/c23-17-10-12-18(13-11-17)25-21(15-27-14-16-6-2-1-3-7-16)24-20-9-5-4-8-19(20)22(25)26/h1-13H,14-15H2. The quantitative estimate of drug-likeness (QED) is 0.494. The van der Waals surface area contributed by atoms with Crippen molar-refractivity contribution in [2.45, 2.75) is 11.5 Å². The average molecular weight is 376 g/mol. The first-order valence-corrected chi connectivity index (χ1v) is 9.76. The number of halogens is 1. The van der Waals surface area contributed by atoms with Crippen molar-refractivity contribution in [1.82, 2.24) is 9.55 Å². The van der Waals surface area contributed by atoms with Gasteiger partial charge in [0.05, 0.1) is 22.3 Å². The predicted octanol–water partition coefficient (Wildman–Crippen LogP) is 4.96. The second-order valence-electron chi connectivity index (χ2n) is 6.14. The molecule has 0 atom stereocenters. The summed E-state index contributed by atoms with van der Waals surface area (Å²) in [6, 6.07) is 23.4. The van der Waals surface area contributed by atoms with E-state index in [1.54, 1.807) is 34.5 Å². The van der Waals surface area contributed by atoms with Crippen LogP contribution in [0.4, 0.5) is 4.39 Å². The SMILES string of the molecule is O=c1c2ccccc2nc(CSCc2ccccc2)n1-c1ccc(F)cc1. The molecule has 0 saturated carbocycles. The molecule has 4 aromatic rings. The number of rotatable bonds is 5. The average Bonchev–Trinajstić information content (AvgIpc) is 2.70. The van der Waals surface area contributed by atoms with Crippen LogP contribution in [-0.2, 0) is 11.5 Å². The molecule has 4 rings (SSSR count). The van der Waals surface area contributed by atoms with E-state index < -0.39 is 0 Å². The highest BCUT2D eigenvalue weighted by Gasteiger charge is 2.13. The molecule has 0 unspecified atom stereocenters. The molecule has 0 N–H and O–H groups in total. The van der Waals surface area contributed by atoms with Crippen LogP contribution in [0.3, 0.4) is 0 Å². The van der Waals surface area contributed by atoms with Crippen LogP contribution in [0.25, 0.3) is 16.6 Å². The molecule has 1 aromatic heterocycles. The first kappa shape index (κ1) is 17.5. The van der Waals surface area contributed by atoms with Gasteiger partial charge in [0.1, 0.15) is 11.6 Å². The molecule has 134 valence electrons. The molecular formula is C22H17FN2OS. The van der Waals surface area contributed by atoms with Crippen LogP contribution in [0.2, 0.25) is 0 Å². The van der Waals surface area contributed by atoms with Gasteiger partial charge in [-0.2, -0.15) is 0 Å². The van der Waals surface area contributed by atoms with Crippen LogP contribution >= 0.6 is 11.8 Å². The molecule has 1 heterocycles. The molecule has 5 heteroatoms. The molecule has 0 aliphatic carbocycles. The summed E-state index contributed by atoms with van der Waals surface area (Å²) in [6.45, 7) is 0. The summed E-state index contributed by atoms with van der Waals surface area (Å²) in [6.07, 6.45) is 0. The molecule has 0 aliphatic rings. The number of nitrogens with zero attached hydrogens (tertiary/aromatic N) is 2. The molecule has 0 spiro atoms. The third-order valence-electron chi connectivity index (χ3n) is 4.27. The number of hydrogen-bond acceptors (Lipinski definition) is 3. The Morgan fingerprint density at radius 1 is 0.852 bits per heavy atom. The largest absolute Gasteiger partial charge is 0.268 e. The topological polar surface area (TPSA) is 34.9 Å². The van der Waals surface area contributed by atoms with E-state index in [1.807, 2.05) is 36.4 Å². The van der Waals surface area contributed by atoms with Crippen LogP contribution in [0, 0.1) is 5.82 Å². The van der Waals surface area contributed by atoms with Crippen molar-refractivity contribution < 1.29 is 4.39 Å². The Bertz CT molecular complexity index is 1120. The van der Waals surface area contributed by atoms with E-state index in [0.717, 1.165) is 5.75 Å². The number of hydrogen-bond donors (Lipinski definition) is 0. The fourth-order valence-corrected chi connectivity index (χ4v) is 3.87. The summed E-state index contributed by atoms with van der Waals surface area (Å²) in [7, 11) is 0. The van der Waals surface area contributed by atoms with Gasteiger partial charge in [0.2, 0.25) is 0 Å². The minimum atomic E-state index is -0.333. The molecule has 0 saturated heterocycles. The molecule has 0 bridgehead atoms. The van der Waals surface area contributed by atoms with Gasteiger partial charge in [0.25, 0.3) is 5.56 Å². The molecule has 0 fully saturated rings. The van der Waals surface area contributed by atoms with Crippen molar-refractivity contribution >= 4 is 22.7 Å². The van der Waals surface area contributed by atoms with Gasteiger partial charge in [-0.25, -0.2) is 9.37 Å². The molecule has 0 aliphatic heterocycles. The zero-order chi connectivity index (χ0) is 18.6. The third-order valence-corrected chi connectivity index (χ3v) is 5.27. The molecular weight excluding hydrogens is 359 g/mol. The Morgan fingerprint density at radius 3 is 2.33 bits per heavy atom. The lowest BCUT2D eigenvalue weighted by atomic mass is 10.2. The van der Waals surface area contributed by atoms with Crippen molar-refractivity contribution in [1.29, 1.82) is 0 Å². The second-order valence-corrected chi connectivity index (χ2v) is 7.13. The van der Waals surface area contributed by atoms with E-state index in [2.05, 4.69) is 12.1 Å². The predicted molar refractivity (Wildman–Crippen MR) is 109 cm³/mol. The monoisotopic (exact) mass is 376 g/mol. The fraction of sp³-hybridized carbons (Fsp3) is 0.0909. The van der Waals surface area contributed by atoms with Crippen LogP contribution in [-0.4, -0.2) is 9.55 Å². The Morgan fingerprint density at radius 2 is 1.56 bits per heavy atom. The lowest BCUT2D eigenvalue weighted by Gasteiger charge is -2.13. The molecule has 3 nitrogen and oxygen atoms in total. The minimum absolute atomic E-state index is 0.137. The number of para-hydroxylation sites is 1. The summed E-state index contributed by atoms with van der Waals surface area (Å²) < 4.78 is 14.9. The molecule has 3 aromatic carbocycles. The van der Waals surface area contributed by atoms with Crippen molar-refractivity contribution in [2.24, 2.45) is 0 Å². The van der Waals surface area contributed by atoms with Gasteiger partial charge in [0, 0.05) is 5.75 Å². The van der Waals surface area contributed by atoms with Gasteiger partial charge >= 0.3 is 0 Å². The van der Waals surface area contributed by atoms with Gasteiger partial charge in [0.15, 0.2) is 0 Å². The van der Waals surface area contributed by atoms with Gasteiger partial charge < -0.3 is 0 Å². The number of benzene rings is 3. The summed E-state index contributed by atoms with van der Waals surface area (Å²) in [5.74, 6) is 1.73. The van der Waals surface area contributed by atoms with Crippen LogP contribution in [0.1, 0.15) is 11.4 Å². The van der Waals surface area contributed by atoms with Crippen molar-refractivity contribution in [3.05, 3.63) is 106 Å². The maximum absolute atomic E-state index is 13.3. The Labute approximate surface area is 160 Å². The molecule has 27 heavy (non-hydrogen) atoms. The first-order chi connectivity index (χ1) is 13.2. The zero-order valence-corrected chi connectivity index (χ0v) is 15.3. The van der Waals surface area contributed by atoms with Gasteiger partial charge in [-0.05, 0) is 42.0 Å². The summed E-state index contributed by atoms with van der Waals surface area (Å²) in [4.78, 5) is 17.8. The summed E-state index contributed by atoms with van der Waals surface area (Å²) in [5, 5.41) is 0.554. The highest BCUT2D eigenvalue weighted by Crippen LogP contribution is 2.20. The number of aromatic nitrogens is 2. The fourth-order valence-electron chi connectivity index (χ4n) is 2.97. The van der Waals surface area contributed by atoms with Gasteiger partial charge in [-0.15, -0.1) is 11.8 Å². The number of fused-ring (bicyclic) bond motifs is 1. The smallest absolute Gasteiger partial charge is 0.265 e. The third kappa shape index (κ3) is 3.78. The van der Waals surface area contributed by atoms with E-state index in [9.17, 15) is 9.18 Å². The minimum Gasteiger partial charge on any atom is -0.268 e. The van der Waals surface area contributed by atoms with E-state index >= 15 is 0 Å².